The topological polar surface area (TPSA) is 67.9 Å². The maximum Gasteiger partial charge on any atom is 0.225 e. The Kier molecular flexibility index (Phi) is 7.72. The molecule has 1 fully saturated rings. The Morgan fingerprint density at radius 2 is 1.81 bits per heavy atom. The van der Waals surface area contributed by atoms with E-state index >= 15 is 0 Å². The van der Waals surface area contributed by atoms with E-state index in [9.17, 15) is 14.0 Å². The van der Waals surface area contributed by atoms with Crippen LogP contribution >= 0.6 is 0 Å². The molecule has 2 atom stereocenters. The molecule has 32 heavy (non-hydrogen) atoms. The molecule has 0 aromatic heterocycles. The Hall–Kier alpha value is -3.09. The van der Waals surface area contributed by atoms with Gasteiger partial charge in [-0.15, -0.1) is 0 Å². The average molecular weight is 443 g/mol. The Morgan fingerprint density at radius 3 is 2.44 bits per heavy atom. The minimum absolute atomic E-state index is 0.0475. The van der Waals surface area contributed by atoms with Gasteiger partial charge in [0.05, 0.1) is 20.1 Å². The number of methoxy groups -OCH3 is 2. The molecule has 1 saturated heterocycles. The van der Waals surface area contributed by atoms with Gasteiger partial charge in [0.25, 0.3) is 0 Å². The van der Waals surface area contributed by atoms with Crippen LogP contribution in [0.3, 0.4) is 0 Å². The highest BCUT2D eigenvalue weighted by molar-refractivity contribution is 5.83. The lowest BCUT2D eigenvalue weighted by Gasteiger charge is -2.21. The highest BCUT2D eigenvalue weighted by Crippen LogP contribution is 2.39. The van der Waals surface area contributed by atoms with E-state index in [-0.39, 0.29) is 29.5 Å². The molecule has 0 radical (unpaired) electrons. The second-order valence-electron chi connectivity index (χ2n) is 8.56. The molecule has 0 unspecified atom stereocenters. The van der Waals surface area contributed by atoms with Crippen LogP contribution in [-0.4, -0.2) is 44.0 Å². The Balaban J connectivity index is 1.83. The number of nitrogens with one attached hydrogen (secondary N) is 1. The molecular formula is C25H31FN2O4. The van der Waals surface area contributed by atoms with Gasteiger partial charge in [0.1, 0.15) is 17.3 Å². The van der Waals surface area contributed by atoms with Crippen LogP contribution in [0.15, 0.2) is 42.5 Å². The van der Waals surface area contributed by atoms with Gasteiger partial charge < -0.3 is 19.7 Å². The second-order valence-corrected chi connectivity index (χ2v) is 8.56. The van der Waals surface area contributed by atoms with E-state index in [1.165, 1.54) is 12.1 Å². The number of rotatable bonds is 8. The monoisotopic (exact) mass is 442 g/mol. The van der Waals surface area contributed by atoms with E-state index in [2.05, 4.69) is 5.32 Å². The van der Waals surface area contributed by atoms with E-state index in [0.29, 0.717) is 37.6 Å². The third-order valence-corrected chi connectivity index (χ3v) is 5.81. The van der Waals surface area contributed by atoms with Gasteiger partial charge >= 0.3 is 0 Å². The van der Waals surface area contributed by atoms with E-state index in [0.717, 1.165) is 11.1 Å². The summed E-state index contributed by atoms with van der Waals surface area (Å²) in [5.74, 6) is 0.486. The SMILES string of the molecule is COc1ccc([C@@H]2CN(C(=O)CC(C)C)C[C@@H]2C(=O)NCc2ccc(F)cc2)c(OC)c1. The first-order chi connectivity index (χ1) is 15.3. The van der Waals surface area contributed by atoms with E-state index < -0.39 is 5.92 Å². The molecule has 0 spiro atoms. The standard InChI is InChI=1S/C25H31FN2O4/c1-16(2)11-24(29)28-14-21(20-10-9-19(31-3)12-23(20)32-4)22(15-28)25(30)27-13-17-5-7-18(26)8-6-17/h5-10,12,16,21-22H,11,13-15H2,1-4H3,(H,27,30)/t21-,22-/m0/s1. The average Bonchev–Trinajstić information content (AvgIpc) is 3.23. The van der Waals surface area contributed by atoms with Gasteiger partial charge in [-0.05, 0) is 29.7 Å². The van der Waals surface area contributed by atoms with Crippen molar-refractivity contribution >= 4 is 11.8 Å². The predicted molar refractivity (Wildman–Crippen MR) is 120 cm³/mol. The van der Waals surface area contributed by atoms with Gasteiger partial charge in [0, 0.05) is 43.6 Å². The number of ether oxygens (including phenoxy) is 2. The van der Waals surface area contributed by atoms with Crippen molar-refractivity contribution in [2.45, 2.75) is 32.7 Å². The molecule has 0 bridgehead atoms. The largest absolute Gasteiger partial charge is 0.497 e. The molecule has 0 aliphatic carbocycles. The Bertz CT molecular complexity index is 945. The van der Waals surface area contributed by atoms with Crippen LogP contribution in [0.25, 0.3) is 0 Å². The normalized spacial score (nSPS) is 18.0. The van der Waals surface area contributed by atoms with Crippen molar-refractivity contribution in [3.63, 3.8) is 0 Å². The molecule has 1 heterocycles. The molecule has 7 heteroatoms. The minimum atomic E-state index is -0.422. The minimum Gasteiger partial charge on any atom is -0.497 e. The number of carbonyl (C=O) groups excluding carboxylic acids is 2. The summed E-state index contributed by atoms with van der Waals surface area (Å²) >= 11 is 0. The molecule has 0 saturated carbocycles. The van der Waals surface area contributed by atoms with Crippen molar-refractivity contribution in [3.05, 3.63) is 59.4 Å². The number of hydrogen-bond donors (Lipinski definition) is 1. The molecule has 172 valence electrons. The highest BCUT2D eigenvalue weighted by Gasteiger charge is 2.41. The molecule has 1 aliphatic heterocycles. The molecule has 1 N–H and O–H groups in total. The van der Waals surface area contributed by atoms with Crippen LogP contribution < -0.4 is 14.8 Å². The summed E-state index contributed by atoms with van der Waals surface area (Å²) in [4.78, 5) is 27.7. The zero-order chi connectivity index (χ0) is 23.3. The van der Waals surface area contributed by atoms with Crippen LogP contribution in [0.4, 0.5) is 4.39 Å². The molecular weight excluding hydrogens is 411 g/mol. The molecule has 2 aromatic carbocycles. The third-order valence-electron chi connectivity index (χ3n) is 5.81. The van der Waals surface area contributed by atoms with Crippen molar-refractivity contribution in [3.8, 4) is 11.5 Å². The number of benzene rings is 2. The molecule has 3 rings (SSSR count). The summed E-state index contributed by atoms with van der Waals surface area (Å²) in [5, 5.41) is 2.96. The van der Waals surface area contributed by atoms with Gasteiger partial charge in [0.2, 0.25) is 11.8 Å². The van der Waals surface area contributed by atoms with Crippen LogP contribution in [0.1, 0.15) is 37.3 Å². The maximum atomic E-state index is 13.2. The first kappa shape index (κ1) is 23.6. The number of amides is 2. The quantitative estimate of drug-likeness (QED) is 0.676. The molecule has 1 aliphatic rings. The van der Waals surface area contributed by atoms with Crippen LogP contribution in [-0.2, 0) is 16.1 Å². The summed E-state index contributed by atoms with van der Waals surface area (Å²) in [6.07, 6.45) is 0.441. The summed E-state index contributed by atoms with van der Waals surface area (Å²) < 4.78 is 24.0. The van der Waals surface area contributed by atoms with Crippen molar-refractivity contribution < 1.29 is 23.5 Å². The lowest BCUT2D eigenvalue weighted by molar-refractivity contribution is -0.131. The Labute approximate surface area is 188 Å². The maximum absolute atomic E-state index is 13.2. The van der Waals surface area contributed by atoms with Gasteiger partial charge in [-0.3, -0.25) is 9.59 Å². The number of likely N-dealkylation sites (tertiary alicyclic amines) is 1. The third kappa shape index (κ3) is 5.58. The predicted octanol–water partition coefficient (Wildman–Crippen LogP) is 3.75. The first-order valence-corrected chi connectivity index (χ1v) is 10.8. The van der Waals surface area contributed by atoms with Gasteiger partial charge in [-0.25, -0.2) is 4.39 Å². The lowest BCUT2D eigenvalue weighted by Crippen LogP contribution is -2.35. The number of hydrogen-bond acceptors (Lipinski definition) is 4. The zero-order valence-corrected chi connectivity index (χ0v) is 19.1. The Morgan fingerprint density at radius 1 is 1.09 bits per heavy atom. The summed E-state index contributed by atoms with van der Waals surface area (Å²) in [5.41, 5.74) is 1.68. The van der Waals surface area contributed by atoms with Crippen LogP contribution in [0.2, 0.25) is 0 Å². The zero-order valence-electron chi connectivity index (χ0n) is 19.1. The summed E-state index contributed by atoms with van der Waals surface area (Å²) in [6, 6.07) is 11.6. The number of carbonyl (C=O) groups is 2. The highest BCUT2D eigenvalue weighted by atomic mass is 19.1. The van der Waals surface area contributed by atoms with E-state index in [1.807, 2.05) is 26.0 Å². The van der Waals surface area contributed by atoms with Gasteiger partial charge in [-0.1, -0.05) is 32.0 Å². The molecule has 2 amide bonds. The van der Waals surface area contributed by atoms with Crippen molar-refractivity contribution in [1.29, 1.82) is 0 Å². The second kappa shape index (κ2) is 10.5. The van der Waals surface area contributed by atoms with E-state index in [4.69, 9.17) is 9.47 Å². The van der Waals surface area contributed by atoms with Crippen molar-refractivity contribution in [2.75, 3.05) is 27.3 Å². The smallest absolute Gasteiger partial charge is 0.225 e. The summed E-state index contributed by atoms with van der Waals surface area (Å²) in [6.45, 7) is 5.10. The number of nitrogens with zero attached hydrogens (tertiary/aromatic N) is 1. The number of halogens is 1. The molecule has 2 aromatic rings. The van der Waals surface area contributed by atoms with Gasteiger partial charge in [0.15, 0.2) is 0 Å². The fourth-order valence-corrected chi connectivity index (χ4v) is 4.11. The van der Waals surface area contributed by atoms with E-state index in [1.54, 1.807) is 37.3 Å². The fraction of sp³-hybridized carbons (Fsp3) is 0.440. The lowest BCUT2D eigenvalue weighted by atomic mass is 9.87. The van der Waals surface area contributed by atoms with Crippen molar-refractivity contribution in [1.82, 2.24) is 10.2 Å². The summed E-state index contributed by atoms with van der Waals surface area (Å²) in [7, 11) is 3.17. The van der Waals surface area contributed by atoms with Crippen LogP contribution in [0.5, 0.6) is 11.5 Å². The molecule has 6 nitrogen and oxygen atoms in total. The fourth-order valence-electron chi connectivity index (χ4n) is 4.11. The first-order valence-electron chi connectivity index (χ1n) is 10.8. The van der Waals surface area contributed by atoms with Crippen molar-refractivity contribution in [2.24, 2.45) is 11.8 Å². The van der Waals surface area contributed by atoms with Gasteiger partial charge in [-0.2, -0.15) is 0 Å². The van der Waals surface area contributed by atoms with Crippen LogP contribution in [0, 0.1) is 17.7 Å².